The zero-order valence-electron chi connectivity index (χ0n) is 31.2. The van der Waals surface area contributed by atoms with Crippen molar-refractivity contribution < 1.29 is 48.6 Å². The van der Waals surface area contributed by atoms with Gasteiger partial charge in [0.1, 0.15) is 36.3 Å². The molecular weight excluding hydrogens is 694 g/mol. The van der Waals surface area contributed by atoms with E-state index in [2.05, 4.69) is 26.6 Å². The van der Waals surface area contributed by atoms with Crippen LogP contribution in [0.5, 0.6) is 0 Å². The molecule has 0 aliphatic carbocycles. The van der Waals surface area contributed by atoms with Gasteiger partial charge in [-0.15, -0.1) is 0 Å². The summed E-state index contributed by atoms with van der Waals surface area (Å²) >= 11 is 0. The van der Waals surface area contributed by atoms with Crippen LogP contribution < -0.4 is 38.1 Å². The molecule has 11 N–H and O–H groups in total. The van der Waals surface area contributed by atoms with Crippen molar-refractivity contribution in [3.63, 3.8) is 0 Å². The summed E-state index contributed by atoms with van der Waals surface area (Å²) in [7, 11) is 0. The highest BCUT2D eigenvalue weighted by atomic mass is 16.4. The number of unbranched alkanes of at least 4 members (excludes halogenated alkanes) is 1. The van der Waals surface area contributed by atoms with E-state index in [4.69, 9.17) is 11.5 Å². The molecule has 2 fully saturated rings. The minimum Gasteiger partial charge on any atom is -0.480 e. The van der Waals surface area contributed by atoms with Crippen LogP contribution in [0.15, 0.2) is 0 Å². The van der Waals surface area contributed by atoms with Crippen LogP contribution in [0, 0.1) is 11.8 Å². The SMILES string of the molecule is CC(C)C[C@H](NC(=O)[C@@H]1CCCN1C(=O)[C@H](CO)NC(=O)[C@@H](NC(=O)[C@H](CCCCN)NC(=O)CN)C(C)C)C(=O)NCC(=O)N1CCC[C@H]1C(=O)O. The van der Waals surface area contributed by atoms with Crippen molar-refractivity contribution in [2.45, 2.75) is 115 Å². The second-order valence-corrected chi connectivity index (χ2v) is 14.3. The van der Waals surface area contributed by atoms with Crippen molar-refractivity contribution in [1.29, 1.82) is 0 Å². The van der Waals surface area contributed by atoms with Crippen LogP contribution in [0.2, 0.25) is 0 Å². The number of carboxylic acid groups (broad SMARTS) is 1. The van der Waals surface area contributed by atoms with E-state index in [0.717, 1.165) is 0 Å². The lowest BCUT2D eigenvalue weighted by atomic mass is 10.0. The van der Waals surface area contributed by atoms with Crippen LogP contribution in [0.3, 0.4) is 0 Å². The van der Waals surface area contributed by atoms with E-state index in [1.165, 1.54) is 9.80 Å². The highest BCUT2D eigenvalue weighted by Gasteiger charge is 2.40. The summed E-state index contributed by atoms with van der Waals surface area (Å²) in [5.41, 5.74) is 11.0. The number of carboxylic acids is 1. The van der Waals surface area contributed by atoms with Crippen molar-refractivity contribution in [2.75, 3.05) is 39.3 Å². The molecule has 0 bridgehead atoms. The summed E-state index contributed by atoms with van der Waals surface area (Å²) in [6.45, 7) is 6.19. The number of rotatable bonds is 21. The lowest BCUT2D eigenvalue weighted by molar-refractivity contribution is -0.148. The van der Waals surface area contributed by atoms with Gasteiger partial charge in [0.05, 0.1) is 19.7 Å². The molecule has 7 amide bonds. The summed E-state index contributed by atoms with van der Waals surface area (Å²) in [5.74, 6) is -6.18. The molecule has 0 aromatic rings. The van der Waals surface area contributed by atoms with Gasteiger partial charge in [0.15, 0.2) is 0 Å². The zero-order chi connectivity index (χ0) is 39.8. The Kier molecular flexibility index (Phi) is 18.6. The van der Waals surface area contributed by atoms with Gasteiger partial charge in [-0.1, -0.05) is 27.7 Å². The summed E-state index contributed by atoms with van der Waals surface area (Å²) < 4.78 is 0. The summed E-state index contributed by atoms with van der Waals surface area (Å²) in [5, 5.41) is 32.4. The topological polar surface area (TPSA) is 296 Å². The monoisotopic (exact) mass is 753 g/mol. The van der Waals surface area contributed by atoms with Gasteiger partial charge in [0.2, 0.25) is 41.4 Å². The van der Waals surface area contributed by atoms with Gasteiger partial charge < -0.3 is 58.1 Å². The van der Waals surface area contributed by atoms with E-state index < -0.39 is 103 Å². The van der Waals surface area contributed by atoms with E-state index in [0.29, 0.717) is 38.6 Å². The largest absolute Gasteiger partial charge is 0.480 e. The predicted molar refractivity (Wildman–Crippen MR) is 191 cm³/mol. The third kappa shape index (κ3) is 13.5. The van der Waals surface area contributed by atoms with Gasteiger partial charge in [0, 0.05) is 13.1 Å². The summed E-state index contributed by atoms with van der Waals surface area (Å²) in [6.07, 6.45) is 3.11. The van der Waals surface area contributed by atoms with Gasteiger partial charge in [0.25, 0.3) is 0 Å². The number of nitrogens with zero attached hydrogens (tertiary/aromatic N) is 2. The molecule has 0 saturated carbocycles. The van der Waals surface area contributed by atoms with Crippen LogP contribution >= 0.6 is 0 Å². The number of carbonyl (C=O) groups excluding carboxylic acids is 7. The molecule has 0 radical (unpaired) electrons. The molecule has 2 heterocycles. The molecule has 300 valence electrons. The van der Waals surface area contributed by atoms with Gasteiger partial charge in [-0.25, -0.2) is 4.79 Å². The normalized spacial score (nSPS) is 19.3. The number of aliphatic hydroxyl groups excluding tert-OH is 1. The lowest BCUT2D eigenvalue weighted by Crippen LogP contribution is -2.60. The zero-order valence-corrected chi connectivity index (χ0v) is 31.2. The first kappa shape index (κ1) is 44.8. The van der Waals surface area contributed by atoms with Gasteiger partial charge in [-0.05, 0) is 69.7 Å². The van der Waals surface area contributed by atoms with E-state index in [1.807, 2.05) is 13.8 Å². The molecule has 2 rings (SSSR count). The standard InChI is InChI=1S/C34H59N9O10/c1-19(2)15-22(29(47)37-17-27(46)42-13-8-11-25(42)34(52)53)39-31(49)24-10-7-14-43(24)33(51)23(18-44)40-32(50)28(20(3)4)41-30(48)21(9-5-6-12-35)38-26(45)16-36/h19-25,28,44H,5-18,35-36H2,1-4H3,(H,37,47)(H,38,45)(H,39,49)(H,40,50)(H,41,48)(H,52,53)/t21-,22-,23-,24-,25-,28-/m0/s1. The highest BCUT2D eigenvalue weighted by molar-refractivity contribution is 5.97. The van der Waals surface area contributed by atoms with Crippen molar-refractivity contribution in [2.24, 2.45) is 23.3 Å². The molecule has 0 aromatic carbocycles. The van der Waals surface area contributed by atoms with E-state index in [9.17, 15) is 48.6 Å². The van der Waals surface area contributed by atoms with Crippen molar-refractivity contribution in [3.05, 3.63) is 0 Å². The molecule has 0 aromatic heterocycles. The minimum absolute atomic E-state index is 0.0560. The molecule has 2 saturated heterocycles. The fourth-order valence-corrected chi connectivity index (χ4v) is 6.43. The number of aliphatic hydroxyl groups is 1. The average Bonchev–Trinajstić information content (AvgIpc) is 3.81. The molecule has 6 atom stereocenters. The van der Waals surface area contributed by atoms with E-state index >= 15 is 0 Å². The Labute approximate surface area is 310 Å². The third-order valence-corrected chi connectivity index (χ3v) is 9.28. The smallest absolute Gasteiger partial charge is 0.326 e. The Hall–Kier alpha value is -4.36. The van der Waals surface area contributed by atoms with Crippen molar-refractivity contribution in [3.8, 4) is 0 Å². The van der Waals surface area contributed by atoms with Crippen LogP contribution in [0.4, 0.5) is 0 Å². The Bertz CT molecular complexity index is 1310. The molecular formula is C34H59N9O10. The van der Waals surface area contributed by atoms with Gasteiger partial charge in [-0.2, -0.15) is 0 Å². The maximum atomic E-state index is 13.7. The molecule has 0 unspecified atom stereocenters. The molecule has 19 heteroatoms. The first-order valence-corrected chi connectivity index (χ1v) is 18.4. The Morgan fingerprint density at radius 2 is 1.40 bits per heavy atom. The number of hydrogen-bond acceptors (Lipinski definition) is 11. The van der Waals surface area contributed by atoms with Gasteiger partial charge in [-0.3, -0.25) is 33.6 Å². The second-order valence-electron chi connectivity index (χ2n) is 14.3. The summed E-state index contributed by atoms with van der Waals surface area (Å²) in [6, 6.07) is -6.66. The van der Waals surface area contributed by atoms with E-state index in [1.54, 1.807) is 13.8 Å². The number of aliphatic carboxylic acids is 1. The Balaban J connectivity index is 2.11. The van der Waals surface area contributed by atoms with Crippen LogP contribution in [0.1, 0.15) is 79.1 Å². The van der Waals surface area contributed by atoms with Crippen LogP contribution in [-0.2, 0) is 38.4 Å². The maximum Gasteiger partial charge on any atom is 0.326 e. The van der Waals surface area contributed by atoms with Crippen LogP contribution in [-0.4, -0.2) is 143 Å². The number of hydrogen-bond donors (Lipinski definition) is 9. The number of amides is 7. The molecule has 2 aliphatic rings. The quantitative estimate of drug-likeness (QED) is 0.0527. The number of likely N-dealkylation sites (tertiary alicyclic amines) is 2. The first-order valence-electron chi connectivity index (χ1n) is 18.4. The van der Waals surface area contributed by atoms with Crippen molar-refractivity contribution in [1.82, 2.24) is 36.4 Å². The van der Waals surface area contributed by atoms with E-state index in [-0.39, 0.29) is 44.8 Å². The van der Waals surface area contributed by atoms with Gasteiger partial charge >= 0.3 is 5.97 Å². The molecule has 19 nitrogen and oxygen atoms in total. The summed E-state index contributed by atoms with van der Waals surface area (Å²) in [4.78, 5) is 106. The van der Waals surface area contributed by atoms with Crippen LogP contribution in [0.25, 0.3) is 0 Å². The first-order chi connectivity index (χ1) is 25.1. The Morgan fingerprint density at radius 3 is 1.96 bits per heavy atom. The molecule has 53 heavy (non-hydrogen) atoms. The van der Waals surface area contributed by atoms with Crippen molar-refractivity contribution >= 4 is 47.3 Å². The second kappa shape index (κ2) is 22.0. The third-order valence-electron chi connectivity index (χ3n) is 9.28. The Morgan fingerprint density at radius 1 is 0.755 bits per heavy atom. The number of carbonyl (C=O) groups is 8. The minimum atomic E-state index is -1.47. The fraction of sp³-hybridized carbons (Fsp3) is 0.765. The maximum absolute atomic E-state index is 13.7. The lowest BCUT2D eigenvalue weighted by Gasteiger charge is -2.31. The average molecular weight is 754 g/mol. The molecule has 0 spiro atoms. The fourth-order valence-electron chi connectivity index (χ4n) is 6.43. The number of nitrogens with two attached hydrogens (primary N) is 2. The highest BCUT2D eigenvalue weighted by Crippen LogP contribution is 2.20. The molecule has 2 aliphatic heterocycles. The number of nitrogens with one attached hydrogen (secondary N) is 5. The predicted octanol–water partition coefficient (Wildman–Crippen LogP) is -3.11.